The van der Waals surface area contributed by atoms with Gasteiger partial charge in [0.05, 0.1) is 12.7 Å². The minimum atomic E-state index is -0.651. The summed E-state index contributed by atoms with van der Waals surface area (Å²) >= 11 is 0. The maximum absolute atomic E-state index is 11.6. The van der Waals surface area contributed by atoms with Gasteiger partial charge in [-0.2, -0.15) is 0 Å². The lowest BCUT2D eigenvalue weighted by molar-refractivity contribution is -0.161. The van der Waals surface area contributed by atoms with Gasteiger partial charge in [-0.25, -0.2) is 0 Å². The van der Waals surface area contributed by atoms with Gasteiger partial charge in [0, 0.05) is 72.4 Å². The van der Waals surface area contributed by atoms with E-state index in [1.807, 2.05) is 0 Å². The molecule has 0 aliphatic rings. The van der Waals surface area contributed by atoms with Gasteiger partial charge in [0.2, 0.25) is 29.5 Å². The maximum Gasteiger partial charge on any atom is 0.243 e. The number of hydrogen-bond donors (Lipinski definition) is 5. The Balaban J connectivity index is 5.86. The van der Waals surface area contributed by atoms with Crippen molar-refractivity contribution in [3.63, 3.8) is 0 Å². The lowest BCUT2D eigenvalue weighted by Gasteiger charge is -2.34. The largest absolute Gasteiger partial charge is 0.381 e. The molecular formula is C36H59N5O10. The minimum absolute atomic E-state index is 0.130. The Hall–Kier alpha value is -4.15. The van der Waals surface area contributed by atoms with Crippen LogP contribution in [0.3, 0.4) is 0 Å². The smallest absolute Gasteiger partial charge is 0.243 e. The van der Waals surface area contributed by atoms with Crippen LogP contribution in [0, 0.1) is 0 Å². The van der Waals surface area contributed by atoms with E-state index in [4.69, 9.17) is 23.7 Å². The van der Waals surface area contributed by atoms with Crippen LogP contribution in [-0.4, -0.2) is 127 Å². The van der Waals surface area contributed by atoms with E-state index in [-0.39, 0.29) is 56.0 Å². The van der Waals surface area contributed by atoms with Crippen LogP contribution in [0.1, 0.15) is 38.5 Å². The van der Waals surface area contributed by atoms with E-state index in [1.165, 1.54) is 30.4 Å². The van der Waals surface area contributed by atoms with Gasteiger partial charge >= 0.3 is 0 Å². The molecule has 15 nitrogen and oxygen atoms in total. The fourth-order valence-electron chi connectivity index (χ4n) is 4.21. The number of rotatable bonds is 35. The van der Waals surface area contributed by atoms with Gasteiger partial charge in [0.15, 0.2) is 0 Å². The van der Waals surface area contributed by atoms with Crippen LogP contribution in [-0.2, 0) is 47.7 Å². The van der Waals surface area contributed by atoms with Crippen molar-refractivity contribution in [1.82, 2.24) is 26.6 Å². The third kappa shape index (κ3) is 27.3. The zero-order chi connectivity index (χ0) is 38.0. The van der Waals surface area contributed by atoms with Crippen LogP contribution in [0.25, 0.3) is 0 Å². The molecule has 15 heteroatoms. The van der Waals surface area contributed by atoms with Gasteiger partial charge in [-0.05, 0) is 68.9 Å². The average molecular weight is 722 g/mol. The molecule has 0 radical (unpaired) electrons. The molecule has 0 aromatic heterocycles. The van der Waals surface area contributed by atoms with Crippen LogP contribution in [0.5, 0.6) is 0 Å². The summed E-state index contributed by atoms with van der Waals surface area (Å²) in [6.45, 7) is 21.2. The van der Waals surface area contributed by atoms with Crippen molar-refractivity contribution < 1.29 is 47.7 Å². The molecule has 51 heavy (non-hydrogen) atoms. The molecule has 5 N–H and O–H groups in total. The van der Waals surface area contributed by atoms with Crippen molar-refractivity contribution in [2.75, 3.05) is 79.0 Å². The fraction of sp³-hybridized carbons (Fsp3) is 0.583. The molecule has 0 spiro atoms. The maximum atomic E-state index is 11.6. The topological polar surface area (TPSA) is 192 Å². The van der Waals surface area contributed by atoms with E-state index in [2.05, 4.69) is 59.5 Å². The lowest BCUT2D eigenvalue weighted by Crippen LogP contribution is -2.46. The Morgan fingerprint density at radius 1 is 0.431 bits per heavy atom. The molecule has 0 aromatic rings. The fourth-order valence-corrected chi connectivity index (χ4v) is 4.21. The van der Waals surface area contributed by atoms with E-state index >= 15 is 0 Å². The summed E-state index contributed by atoms with van der Waals surface area (Å²) in [5.74, 6) is -1.39. The zero-order valence-electron chi connectivity index (χ0n) is 30.0. The van der Waals surface area contributed by atoms with Crippen LogP contribution < -0.4 is 26.6 Å². The number of ether oxygens (including phenoxy) is 5. The zero-order valence-corrected chi connectivity index (χ0v) is 30.0. The standard InChI is InChI=1S/C36H59N5O10/c1-6-31(42)37-17-11-22-47-27-16-29(49-24-13-19-39-33(44)8-3)36(51-26-15-21-41-35(46)10-5)30(50-25-14-20-40-34(45)9-4)28-48-23-12-18-38-32(43)7-2/h6-10,29-30,36H,1-5,11-28H2,(H,37,42)(H,38,43)(H,39,44)(H,40,45)(H,41,46)/t29-,30+,36+/m1/s1. The Morgan fingerprint density at radius 3 is 1.16 bits per heavy atom. The van der Waals surface area contributed by atoms with E-state index in [0.29, 0.717) is 91.1 Å². The summed E-state index contributed by atoms with van der Waals surface area (Å²) in [6, 6.07) is 0. The number of carbonyl (C=O) groups excluding carboxylic acids is 5. The molecule has 0 fully saturated rings. The third-order valence-corrected chi connectivity index (χ3v) is 6.85. The van der Waals surface area contributed by atoms with Gasteiger partial charge in [-0.15, -0.1) is 0 Å². The quantitative estimate of drug-likeness (QED) is 0.0467. The first kappa shape index (κ1) is 46.9. The summed E-state index contributed by atoms with van der Waals surface area (Å²) in [6.07, 6.45) is 7.26. The Bertz CT molecular complexity index is 1070. The Morgan fingerprint density at radius 2 is 0.765 bits per heavy atom. The van der Waals surface area contributed by atoms with Crippen molar-refractivity contribution in [2.45, 2.75) is 56.8 Å². The van der Waals surface area contributed by atoms with Crippen molar-refractivity contribution >= 4 is 29.5 Å². The second-order valence-electron chi connectivity index (χ2n) is 10.9. The van der Waals surface area contributed by atoms with Gasteiger partial charge in [-0.3, -0.25) is 24.0 Å². The van der Waals surface area contributed by atoms with Gasteiger partial charge in [0.1, 0.15) is 12.2 Å². The Kier molecular flexibility index (Phi) is 30.3. The average Bonchev–Trinajstić information content (AvgIpc) is 3.14. The summed E-state index contributed by atoms with van der Waals surface area (Å²) in [5, 5.41) is 13.6. The molecule has 0 aliphatic heterocycles. The minimum Gasteiger partial charge on any atom is -0.381 e. The highest BCUT2D eigenvalue weighted by Crippen LogP contribution is 2.18. The second kappa shape index (κ2) is 33.0. The number of nitrogens with one attached hydrogen (secondary N) is 5. The molecule has 0 rings (SSSR count). The molecule has 0 heterocycles. The lowest BCUT2D eigenvalue weighted by atomic mass is 10.0. The summed E-state index contributed by atoms with van der Waals surface area (Å²) in [4.78, 5) is 57.8. The third-order valence-electron chi connectivity index (χ3n) is 6.85. The van der Waals surface area contributed by atoms with Crippen LogP contribution in [0.4, 0.5) is 0 Å². The van der Waals surface area contributed by atoms with Crippen LogP contribution in [0.15, 0.2) is 63.3 Å². The van der Waals surface area contributed by atoms with E-state index in [0.717, 1.165) is 0 Å². The highest BCUT2D eigenvalue weighted by Gasteiger charge is 2.32. The van der Waals surface area contributed by atoms with E-state index in [1.54, 1.807) is 0 Å². The first-order valence-electron chi connectivity index (χ1n) is 17.2. The summed E-state index contributed by atoms with van der Waals surface area (Å²) < 4.78 is 30.9. The second-order valence-corrected chi connectivity index (χ2v) is 10.9. The molecule has 0 aliphatic carbocycles. The number of amides is 5. The SMILES string of the molecule is C=CC(=O)NCCCOCC[C@@H](OCCCNC(=O)C=C)[C@H](OCCCNC(=O)C=C)[C@H](COCCCNC(=O)C=C)OCCCNC(=O)C=C. The molecule has 288 valence electrons. The van der Waals surface area contributed by atoms with E-state index in [9.17, 15) is 24.0 Å². The summed E-state index contributed by atoms with van der Waals surface area (Å²) in [5.41, 5.74) is 0. The molecule has 0 bridgehead atoms. The van der Waals surface area contributed by atoms with Crippen LogP contribution in [0.2, 0.25) is 0 Å². The van der Waals surface area contributed by atoms with Crippen molar-refractivity contribution in [2.24, 2.45) is 0 Å². The van der Waals surface area contributed by atoms with Crippen LogP contribution >= 0.6 is 0 Å². The van der Waals surface area contributed by atoms with Gasteiger partial charge in [0.25, 0.3) is 0 Å². The van der Waals surface area contributed by atoms with Crippen molar-refractivity contribution in [1.29, 1.82) is 0 Å². The molecule has 0 saturated heterocycles. The predicted molar refractivity (Wildman–Crippen MR) is 195 cm³/mol. The highest BCUT2D eigenvalue weighted by atomic mass is 16.6. The Labute approximate surface area is 302 Å². The molecule has 0 aromatic carbocycles. The van der Waals surface area contributed by atoms with E-state index < -0.39 is 18.3 Å². The molecular weight excluding hydrogens is 662 g/mol. The van der Waals surface area contributed by atoms with Crippen molar-refractivity contribution in [3.05, 3.63) is 63.3 Å². The molecule has 3 atom stereocenters. The molecule has 5 amide bonds. The summed E-state index contributed by atoms with van der Waals surface area (Å²) in [7, 11) is 0. The first-order chi connectivity index (χ1) is 24.7. The normalized spacial score (nSPS) is 12.3. The first-order valence-corrected chi connectivity index (χ1v) is 17.2. The molecule has 0 unspecified atom stereocenters. The monoisotopic (exact) mass is 721 g/mol. The predicted octanol–water partition coefficient (Wildman–Crippen LogP) is 1.03. The highest BCUT2D eigenvalue weighted by molar-refractivity contribution is 5.88. The van der Waals surface area contributed by atoms with Gasteiger partial charge < -0.3 is 50.3 Å². The van der Waals surface area contributed by atoms with Crippen molar-refractivity contribution in [3.8, 4) is 0 Å². The number of carbonyl (C=O) groups is 5. The molecule has 0 saturated carbocycles. The number of hydrogen-bond acceptors (Lipinski definition) is 10. The van der Waals surface area contributed by atoms with Gasteiger partial charge in [-0.1, -0.05) is 32.9 Å².